The molecule has 45 heavy (non-hydrogen) atoms. The summed E-state index contributed by atoms with van der Waals surface area (Å²) in [5.41, 5.74) is 3.26. The van der Waals surface area contributed by atoms with Gasteiger partial charge in [-0.05, 0) is 105 Å². The average molecular weight is 656 g/mol. The molecule has 0 aromatic heterocycles. The number of halogens is 1. The maximum atomic E-state index is 13.6. The van der Waals surface area contributed by atoms with Crippen LogP contribution < -0.4 is 14.4 Å². The van der Waals surface area contributed by atoms with Crippen LogP contribution in [0.25, 0.3) is 0 Å². The summed E-state index contributed by atoms with van der Waals surface area (Å²) in [7, 11) is -4.16. The van der Waals surface area contributed by atoms with Crippen LogP contribution in [0, 0.1) is 11.8 Å². The smallest absolute Gasteiger partial charge is 0.304 e. The number of aliphatic hydroxyl groups excluding tert-OH is 1. The standard InChI is InChI=1S/C34H42ClN3O6S/c35-26-10-12-29-23(17-26)5-3-14-34(29)21-37-19-25-8-11-28(25)31(39)7-1-2-15-38(20-27-6-4-16-43-27)45(41,42)36-33(40)24-9-13-32(44-22-34)30(37)18-24/h1,7,9-10,12-13,17-18,25,27-28,31,39H,2-6,8,11,14-16,19-22H2,(H,36,40)/b7-1+/t25-,27+,28+,31-,34-/m0/s1. The quantitative estimate of drug-likeness (QED) is 0.455. The van der Waals surface area contributed by atoms with Gasteiger partial charge in [-0.15, -0.1) is 0 Å². The van der Waals surface area contributed by atoms with Gasteiger partial charge in [-0.1, -0.05) is 29.8 Å². The monoisotopic (exact) mass is 655 g/mol. The third-order valence-corrected chi connectivity index (χ3v) is 12.2. The molecule has 2 N–H and O–H groups in total. The fourth-order valence-corrected chi connectivity index (χ4v) is 9.36. The Balaban J connectivity index is 1.26. The van der Waals surface area contributed by atoms with E-state index in [0.717, 1.165) is 55.7 Å². The number of nitrogens with one attached hydrogen (secondary N) is 1. The second-order valence-corrected chi connectivity index (χ2v) is 15.5. The van der Waals surface area contributed by atoms with Gasteiger partial charge in [0.25, 0.3) is 5.91 Å². The van der Waals surface area contributed by atoms with Gasteiger partial charge in [0.2, 0.25) is 0 Å². The molecule has 3 heterocycles. The zero-order chi connectivity index (χ0) is 31.2. The van der Waals surface area contributed by atoms with E-state index < -0.39 is 22.2 Å². The summed E-state index contributed by atoms with van der Waals surface area (Å²) in [6.07, 6.45) is 9.83. The van der Waals surface area contributed by atoms with Crippen molar-refractivity contribution in [2.45, 2.75) is 69.0 Å². The second kappa shape index (κ2) is 12.5. The molecule has 2 bridgehead atoms. The van der Waals surface area contributed by atoms with E-state index in [1.165, 1.54) is 15.4 Å². The first-order chi connectivity index (χ1) is 21.7. The first-order valence-corrected chi connectivity index (χ1v) is 18.1. The Labute approximate surface area is 270 Å². The van der Waals surface area contributed by atoms with Crippen molar-refractivity contribution in [1.29, 1.82) is 0 Å². The maximum Gasteiger partial charge on any atom is 0.304 e. The molecule has 2 aromatic carbocycles. The van der Waals surface area contributed by atoms with Crippen molar-refractivity contribution in [3.63, 3.8) is 0 Å². The van der Waals surface area contributed by atoms with E-state index in [-0.39, 0.29) is 42.0 Å². The van der Waals surface area contributed by atoms with Gasteiger partial charge < -0.3 is 19.5 Å². The van der Waals surface area contributed by atoms with Gasteiger partial charge >= 0.3 is 10.2 Å². The predicted octanol–water partition coefficient (Wildman–Crippen LogP) is 4.62. The molecule has 3 aliphatic heterocycles. The van der Waals surface area contributed by atoms with Gasteiger partial charge in [-0.3, -0.25) is 4.79 Å². The highest BCUT2D eigenvalue weighted by atomic mass is 35.5. The second-order valence-electron chi connectivity index (χ2n) is 13.4. The molecule has 11 heteroatoms. The molecule has 1 spiro atoms. The molecule has 1 saturated carbocycles. The minimum absolute atomic E-state index is 0.105. The van der Waals surface area contributed by atoms with Crippen LogP contribution in [0.4, 0.5) is 5.69 Å². The van der Waals surface area contributed by atoms with Crippen LogP contribution in [0.3, 0.4) is 0 Å². The van der Waals surface area contributed by atoms with E-state index in [1.54, 1.807) is 18.2 Å². The van der Waals surface area contributed by atoms with Crippen molar-refractivity contribution in [1.82, 2.24) is 9.03 Å². The molecule has 242 valence electrons. The number of hydrogen-bond acceptors (Lipinski definition) is 7. The van der Waals surface area contributed by atoms with Gasteiger partial charge in [-0.2, -0.15) is 12.7 Å². The molecule has 1 saturated heterocycles. The van der Waals surface area contributed by atoms with Crippen molar-refractivity contribution >= 4 is 33.4 Å². The first-order valence-electron chi connectivity index (χ1n) is 16.3. The number of hydrogen-bond donors (Lipinski definition) is 2. The number of fused-ring (bicyclic) bond motifs is 4. The molecular formula is C34H42ClN3O6S. The number of ether oxygens (including phenoxy) is 2. The Morgan fingerprint density at radius 1 is 1.11 bits per heavy atom. The van der Waals surface area contributed by atoms with Crippen molar-refractivity contribution < 1.29 is 27.8 Å². The van der Waals surface area contributed by atoms with Gasteiger partial charge in [-0.25, -0.2) is 4.72 Å². The number of aryl methyl sites for hydroxylation is 1. The number of aliphatic hydroxyl groups is 1. The summed E-state index contributed by atoms with van der Waals surface area (Å²) in [5.74, 6) is 0.368. The lowest BCUT2D eigenvalue weighted by Crippen LogP contribution is -2.49. The number of rotatable bonds is 2. The molecule has 0 unspecified atom stereocenters. The molecule has 5 atom stereocenters. The van der Waals surface area contributed by atoms with E-state index in [2.05, 4.69) is 21.8 Å². The third-order valence-electron chi connectivity index (χ3n) is 10.5. The first kappa shape index (κ1) is 31.0. The van der Waals surface area contributed by atoms with Crippen LogP contribution in [0.5, 0.6) is 5.75 Å². The average Bonchev–Trinajstić information content (AvgIpc) is 3.46. The number of amides is 1. The van der Waals surface area contributed by atoms with Crippen molar-refractivity contribution in [3.05, 3.63) is 70.3 Å². The number of benzene rings is 2. The normalized spacial score (nSPS) is 32.4. The summed E-state index contributed by atoms with van der Waals surface area (Å²) in [6, 6.07) is 11.4. The number of carbonyl (C=O) groups is 1. The van der Waals surface area contributed by atoms with Crippen LogP contribution in [-0.2, 0) is 26.8 Å². The van der Waals surface area contributed by atoms with Crippen LogP contribution in [0.2, 0.25) is 5.02 Å². The Morgan fingerprint density at radius 3 is 2.80 bits per heavy atom. The summed E-state index contributed by atoms with van der Waals surface area (Å²) in [6.45, 7) is 2.83. The molecule has 0 radical (unpaired) electrons. The number of carbonyl (C=O) groups excluding carboxylic acids is 1. The number of nitrogens with zero attached hydrogens (tertiary/aromatic N) is 2. The summed E-state index contributed by atoms with van der Waals surface area (Å²) >= 11 is 6.40. The van der Waals surface area contributed by atoms with Crippen LogP contribution >= 0.6 is 11.6 Å². The Bertz CT molecular complexity index is 1580. The van der Waals surface area contributed by atoms with Crippen molar-refractivity contribution in [2.24, 2.45) is 11.8 Å². The van der Waals surface area contributed by atoms with E-state index in [0.29, 0.717) is 38.5 Å². The minimum atomic E-state index is -4.16. The molecule has 2 fully saturated rings. The summed E-state index contributed by atoms with van der Waals surface area (Å²) in [4.78, 5) is 15.9. The van der Waals surface area contributed by atoms with E-state index in [1.807, 2.05) is 18.2 Å². The van der Waals surface area contributed by atoms with E-state index in [9.17, 15) is 18.3 Å². The third kappa shape index (κ3) is 6.24. The molecular weight excluding hydrogens is 614 g/mol. The Morgan fingerprint density at radius 2 is 2.00 bits per heavy atom. The fraction of sp³-hybridized carbons (Fsp3) is 0.559. The molecule has 2 aliphatic carbocycles. The largest absolute Gasteiger partial charge is 0.490 e. The molecule has 2 aromatic rings. The lowest BCUT2D eigenvalue weighted by atomic mass is 9.68. The minimum Gasteiger partial charge on any atom is -0.490 e. The Kier molecular flexibility index (Phi) is 8.63. The fourth-order valence-electron chi connectivity index (χ4n) is 7.97. The van der Waals surface area contributed by atoms with Gasteiger partial charge in [0.15, 0.2) is 0 Å². The van der Waals surface area contributed by atoms with Crippen molar-refractivity contribution in [3.8, 4) is 5.75 Å². The van der Waals surface area contributed by atoms with Crippen molar-refractivity contribution in [2.75, 3.05) is 44.3 Å². The summed E-state index contributed by atoms with van der Waals surface area (Å²) in [5, 5.41) is 11.9. The van der Waals surface area contributed by atoms with E-state index >= 15 is 0 Å². The lowest BCUT2D eigenvalue weighted by molar-refractivity contribution is 0.0456. The highest BCUT2D eigenvalue weighted by molar-refractivity contribution is 7.87. The lowest BCUT2D eigenvalue weighted by Gasteiger charge is -2.45. The highest BCUT2D eigenvalue weighted by Gasteiger charge is 2.44. The zero-order valence-corrected chi connectivity index (χ0v) is 27.1. The van der Waals surface area contributed by atoms with Gasteiger partial charge in [0.05, 0.1) is 24.5 Å². The van der Waals surface area contributed by atoms with Crippen LogP contribution in [0.15, 0.2) is 48.6 Å². The molecule has 9 nitrogen and oxygen atoms in total. The number of anilines is 1. The molecule has 5 aliphatic rings. The van der Waals surface area contributed by atoms with Gasteiger partial charge in [0.1, 0.15) is 5.75 Å². The molecule has 7 rings (SSSR count). The van der Waals surface area contributed by atoms with E-state index in [4.69, 9.17) is 21.1 Å². The summed E-state index contributed by atoms with van der Waals surface area (Å²) < 4.78 is 43.1. The van der Waals surface area contributed by atoms with Crippen LogP contribution in [-0.4, -0.2) is 75.3 Å². The topological polar surface area (TPSA) is 108 Å². The highest BCUT2D eigenvalue weighted by Crippen LogP contribution is 2.46. The Hall–Kier alpha value is -2.63. The van der Waals surface area contributed by atoms with Gasteiger partial charge in [0, 0.05) is 48.8 Å². The van der Waals surface area contributed by atoms with Crippen LogP contribution in [0.1, 0.15) is 66.4 Å². The maximum absolute atomic E-state index is 13.6. The SMILES string of the molecule is O=C1NS(=O)(=O)N(C[C@H]2CCCO2)CC/C=C/[C@H](O)[C@@H]2CC[C@H]2CN2C[C@@]3(CCCc4cc(Cl)ccc43)COc3ccc1cc32. The predicted molar refractivity (Wildman–Crippen MR) is 173 cm³/mol. The molecule has 1 amide bonds. The zero-order valence-electron chi connectivity index (χ0n) is 25.5.